The monoisotopic (exact) mass is 315 g/mol. The predicted octanol–water partition coefficient (Wildman–Crippen LogP) is -2.90. The van der Waals surface area contributed by atoms with Crippen molar-refractivity contribution in [3.63, 3.8) is 0 Å². The van der Waals surface area contributed by atoms with Crippen LogP contribution in [0.1, 0.15) is 5.56 Å². The summed E-state index contributed by atoms with van der Waals surface area (Å²) in [6, 6.07) is 8.83. The van der Waals surface area contributed by atoms with Gasteiger partial charge in [-0.25, -0.2) is 0 Å². The number of nitrogens with one attached hydrogen (secondary N) is 1. The van der Waals surface area contributed by atoms with E-state index in [-0.39, 0.29) is 6.54 Å². The van der Waals surface area contributed by atoms with Crippen LogP contribution in [0.15, 0.2) is 30.3 Å². The maximum atomic E-state index is 11.7. The Morgan fingerprint density at radius 2 is 1.55 bits per heavy atom. The second-order valence-corrected chi connectivity index (χ2v) is 4.87. The minimum atomic E-state index is -2.02. The highest BCUT2D eigenvalue weighted by Gasteiger charge is 2.36. The first-order chi connectivity index (χ1) is 10.4. The molecule has 0 spiro atoms. The zero-order valence-corrected chi connectivity index (χ0v) is 11.8. The molecule has 1 aromatic carbocycles. The molecule has 1 aromatic rings. The molecule has 1 amide bonds. The van der Waals surface area contributed by atoms with Crippen molar-refractivity contribution >= 4 is 5.91 Å². The number of benzene rings is 1. The molecule has 124 valence electrons. The molecule has 0 bridgehead atoms. The van der Waals surface area contributed by atoms with E-state index in [4.69, 9.17) is 10.2 Å². The van der Waals surface area contributed by atoms with Crippen molar-refractivity contribution in [3.8, 4) is 0 Å². The van der Waals surface area contributed by atoms with E-state index in [2.05, 4.69) is 5.32 Å². The maximum absolute atomic E-state index is 11.7. The lowest BCUT2D eigenvalue weighted by Crippen LogP contribution is -2.53. The molecule has 0 saturated carbocycles. The number of aliphatic hydroxyl groups is 6. The largest absolute Gasteiger partial charge is 0.394 e. The molecular formula is C14H21NO7. The van der Waals surface area contributed by atoms with E-state index < -0.39 is 43.0 Å². The van der Waals surface area contributed by atoms with Gasteiger partial charge < -0.3 is 36.0 Å². The molecule has 0 unspecified atom stereocenters. The van der Waals surface area contributed by atoms with Crippen LogP contribution in [0.3, 0.4) is 0 Å². The first-order valence-corrected chi connectivity index (χ1v) is 6.71. The summed E-state index contributed by atoms with van der Waals surface area (Å²) in [5.41, 5.74) is 0.772. The Labute approximate surface area is 127 Å². The Balaban J connectivity index is 2.54. The standard InChI is InChI=1S/C14H21NO7/c16-7-9(17)10(18)11(19)12(20)13(21)14(22)15-6-8-4-2-1-3-5-8/h1-5,9-13,16-21H,6-7H2,(H,15,22)/t9-,10-,11+,12+,13+/m0/s1. The summed E-state index contributed by atoms with van der Waals surface area (Å²) in [7, 11) is 0. The summed E-state index contributed by atoms with van der Waals surface area (Å²) < 4.78 is 0. The van der Waals surface area contributed by atoms with Crippen LogP contribution < -0.4 is 5.32 Å². The van der Waals surface area contributed by atoms with Gasteiger partial charge in [0, 0.05) is 6.54 Å². The highest BCUT2D eigenvalue weighted by molar-refractivity contribution is 5.81. The van der Waals surface area contributed by atoms with E-state index in [0.717, 1.165) is 5.56 Å². The van der Waals surface area contributed by atoms with Crippen LogP contribution in [0.4, 0.5) is 0 Å². The fraction of sp³-hybridized carbons (Fsp3) is 0.500. The molecule has 0 fully saturated rings. The number of carbonyl (C=O) groups is 1. The zero-order valence-electron chi connectivity index (χ0n) is 11.8. The van der Waals surface area contributed by atoms with Gasteiger partial charge in [0.05, 0.1) is 6.61 Å². The molecule has 0 aromatic heterocycles. The lowest BCUT2D eigenvalue weighted by molar-refractivity contribution is -0.157. The molecule has 0 radical (unpaired) electrons. The summed E-state index contributed by atoms with van der Waals surface area (Å²) in [6.45, 7) is -0.734. The van der Waals surface area contributed by atoms with Crippen molar-refractivity contribution in [2.75, 3.05) is 6.61 Å². The Bertz CT molecular complexity index is 456. The van der Waals surface area contributed by atoms with Crippen LogP contribution in [0.2, 0.25) is 0 Å². The molecule has 0 aliphatic rings. The van der Waals surface area contributed by atoms with Gasteiger partial charge >= 0.3 is 0 Å². The number of rotatable bonds is 8. The topological polar surface area (TPSA) is 150 Å². The highest BCUT2D eigenvalue weighted by Crippen LogP contribution is 2.09. The molecule has 0 heterocycles. The van der Waals surface area contributed by atoms with E-state index in [0.29, 0.717) is 0 Å². The van der Waals surface area contributed by atoms with Crippen LogP contribution in [0, 0.1) is 0 Å². The van der Waals surface area contributed by atoms with Crippen molar-refractivity contribution in [3.05, 3.63) is 35.9 Å². The highest BCUT2D eigenvalue weighted by atomic mass is 16.4. The normalized spacial score (nSPS) is 18.1. The number of hydrogen-bond acceptors (Lipinski definition) is 7. The van der Waals surface area contributed by atoms with Gasteiger partial charge in [-0.3, -0.25) is 4.79 Å². The second-order valence-electron chi connectivity index (χ2n) is 4.87. The van der Waals surface area contributed by atoms with Crippen LogP contribution in [0.25, 0.3) is 0 Å². The SMILES string of the molecule is O=C(NCc1ccccc1)[C@H](O)[C@H](O)[C@H](O)[C@@H](O)[C@@H](O)CO. The lowest BCUT2D eigenvalue weighted by Gasteiger charge is -2.27. The Morgan fingerprint density at radius 1 is 0.955 bits per heavy atom. The third-order valence-corrected chi connectivity index (χ3v) is 3.18. The minimum Gasteiger partial charge on any atom is -0.394 e. The number of hydrogen-bond donors (Lipinski definition) is 7. The average molecular weight is 315 g/mol. The number of carbonyl (C=O) groups excluding carboxylic acids is 1. The summed E-state index contributed by atoms with van der Waals surface area (Å²) in [6.07, 6.45) is -9.63. The van der Waals surface area contributed by atoms with Crippen molar-refractivity contribution in [1.82, 2.24) is 5.32 Å². The van der Waals surface area contributed by atoms with Gasteiger partial charge in [0.1, 0.15) is 24.4 Å². The van der Waals surface area contributed by atoms with Gasteiger partial charge in [-0.2, -0.15) is 0 Å². The van der Waals surface area contributed by atoms with Crippen molar-refractivity contribution in [2.24, 2.45) is 0 Å². The van der Waals surface area contributed by atoms with E-state index in [1.54, 1.807) is 30.3 Å². The lowest BCUT2D eigenvalue weighted by atomic mass is 9.99. The summed E-state index contributed by atoms with van der Waals surface area (Å²) in [5, 5.41) is 58.5. The van der Waals surface area contributed by atoms with Gasteiger partial charge in [-0.05, 0) is 5.56 Å². The average Bonchev–Trinajstić information content (AvgIpc) is 2.56. The number of aliphatic hydroxyl groups excluding tert-OH is 6. The Morgan fingerprint density at radius 3 is 2.09 bits per heavy atom. The van der Waals surface area contributed by atoms with Crippen LogP contribution >= 0.6 is 0 Å². The molecule has 5 atom stereocenters. The quantitative estimate of drug-likeness (QED) is 0.272. The molecule has 8 heteroatoms. The summed E-state index contributed by atoms with van der Waals surface area (Å²) in [5.74, 6) is -0.943. The molecule has 8 nitrogen and oxygen atoms in total. The zero-order chi connectivity index (χ0) is 16.7. The van der Waals surface area contributed by atoms with Crippen LogP contribution in [-0.2, 0) is 11.3 Å². The van der Waals surface area contributed by atoms with Crippen molar-refractivity contribution in [1.29, 1.82) is 0 Å². The van der Waals surface area contributed by atoms with Gasteiger partial charge in [0.15, 0.2) is 6.10 Å². The smallest absolute Gasteiger partial charge is 0.251 e. The molecule has 0 aliphatic heterocycles. The molecule has 7 N–H and O–H groups in total. The fourth-order valence-corrected chi connectivity index (χ4v) is 1.77. The summed E-state index contributed by atoms with van der Waals surface area (Å²) >= 11 is 0. The number of amides is 1. The first-order valence-electron chi connectivity index (χ1n) is 6.71. The molecule has 22 heavy (non-hydrogen) atoms. The first kappa shape index (κ1) is 18.5. The van der Waals surface area contributed by atoms with Crippen LogP contribution in [0.5, 0.6) is 0 Å². The molecule has 1 rings (SSSR count). The summed E-state index contributed by atoms with van der Waals surface area (Å²) in [4.78, 5) is 11.7. The van der Waals surface area contributed by atoms with E-state index in [1.165, 1.54) is 0 Å². The van der Waals surface area contributed by atoms with Crippen molar-refractivity contribution in [2.45, 2.75) is 37.1 Å². The van der Waals surface area contributed by atoms with Gasteiger partial charge in [-0.15, -0.1) is 0 Å². The molecule has 0 aliphatic carbocycles. The molecule has 0 saturated heterocycles. The van der Waals surface area contributed by atoms with Gasteiger partial charge in [-0.1, -0.05) is 30.3 Å². The third-order valence-electron chi connectivity index (χ3n) is 3.18. The molecular weight excluding hydrogens is 294 g/mol. The maximum Gasteiger partial charge on any atom is 0.251 e. The van der Waals surface area contributed by atoms with E-state index in [1.807, 2.05) is 0 Å². The van der Waals surface area contributed by atoms with E-state index >= 15 is 0 Å². The third kappa shape index (κ3) is 5.02. The fourth-order valence-electron chi connectivity index (χ4n) is 1.77. The second kappa shape index (κ2) is 8.79. The van der Waals surface area contributed by atoms with Crippen molar-refractivity contribution < 1.29 is 35.4 Å². The van der Waals surface area contributed by atoms with Gasteiger partial charge in [0.2, 0.25) is 0 Å². The van der Waals surface area contributed by atoms with Crippen LogP contribution in [-0.4, -0.2) is 73.7 Å². The minimum absolute atomic E-state index is 0.112. The van der Waals surface area contributed by atoms with Gasteiger partial charge in [0.25, 0.3) is 5.91 Å². The Kier molecular flexibility index (Phi) is 7.39. The predicted molar refractivity (Wildman–Crippen MR) is 75.4 cm³/mol. The van der Waals surface area contributed by atoms with E-state index in [9.17, 15) is 25.2 Å². The Hall–Kier alpha value is -1.55.